The standard InChI is InChI=1S/C14H22FNO/c1-5-10(3)16(6-2)14-8-7-12(15)9-13(14)11(4)17/h7-11,17H,5-6H2,1-4H3. The van der Waals surface area contributed by atoms with Crippen LogP contribution in [-0.2, 0) is 0 Å². The Morgan fingerprint density at radius 3 is 2.41 bits per heavy atom. The predicted octanol–water partition coefficient (Wildman–Crippen LogP) is 3.50. The zero-order valence-electron chi connectivity index (χ0n) is 11.1. The lowest BCUT2D eigenvalue weighted by Crippen LogP contribution is -2.33. The zero-order chi connectivity index (χ0) is 13.0. The molecule has 0 spiro atoms. The predicted molar refractivity (Wildman–Crippen MR) is 69.8 cm³/mol. The van der Waals surface area contributed by atoms with Crippen molar-refractivity contribution in [2.75, 3.05) is 11.4 Å². The molecule has 0 radical (unpaired) electrons. The first-order chi connectivity index (χ1) is 8.01. The topological polar surface area (TPSA) is 23.5 Å². The molecule has 3 heteroatoms. The molecule has 0 heterocycles. The number of aliphatic hydroxyl groups excluding tert-OH is 1. The van der Waals surface area contributed by atoms with Crippen LogP contribution < -0.4 is 4.90 Å². The second kappa shape index (κ2) is 6.01. The summed E-state index contributed by atoms with van der Waals surface area (Å²) in [6.45, 7) is 8.85. The van der Waals surface area contributed by atoms with Crippen LogP contribution in [0.2, 0.25) is 0 Å². The Balaban J connectivity index is 3.18. The fraction of sp³-hybridized carbons (Fsp3) is 0.571. The first-order valence-electron chi connectivity index (χ1n) is 6.25. The van der Waals surface area contributed by atoms with Crippen molar-refractivity contribution in [2.24, 2.45) is 0 Å². The van der Waals surface area contributed by atoms with Gasteiger partial charge in [0.1, 0.15) is 5.82 Å². The summed E-state index contributed by atoms with van der Waals surface area (Å²) in [7, 11) is 0. The molecule has 0 aliphatic heterocycles. The Bertz CT molecular complexity index is 365. The van der Waals surface area contributed by atoms with Gasteiger partial charge >= 0.3 is 0 Å². The van der Waals surface area contributed by atoms with Gasteiger partial charge in [0.2, 0.25) is 0 Å². The van der Waals surface area contributed by atoms with E-state index in [9.17, 15) is 9.50 Å². The van der Waals surface area contributed by atoms with Crippen molar-refractivity contribution in [3.63, 3.8) is 0 Å². The van der Waals surface area contributed by atoms with Crippen LogP contribution >= 0.6 is 0 Å². The van der Waals surface area contributed by atoms with Gasteiger partial charge in [0.05, 0.1) is 6.10 Å². The Hall–Kier alpha value is -1.09. The van der Waals surface area contributed by atoms with E-state index in [-0.39, 0.29) is 5.82 Å². The molecule has 0 saturated carbocycles. The minimum atomic E-state index is -0.654. The smallest absolute Gasteiger partial charge is 0.123 e. The number of nitrogens with zero attached hydrogens (tertiary/aromatic N) is 1. The highest BCUT2D eigenvalue weighted by atomic mass is 19.1. The van der Waals surface area contributed by atoms with Crippen LogP contribution in [0.1, 0.15) is 45.8 Å². The van der Waals surface area contributed by atoms with Crippen LogP contribution in [0.3, 0.4) is 0 Å². The van der Waals surface area contributed by atoms with Gasteiger partial charge in [-0.3, -0.25) is 0 Å². The molecule has 0 amide bonds. The Morgan fingerprint density at radius 1 is 1.29 bits per heavy atom. The second-order valence-corrected chi connectivity index (χ2v) is 4.42. The van der Waals surface area contributed by atoms with E-state index in [1.807, 2.05) is 0 Å². The van der Waals surface area contributed by atoms with Crippen molar-refractivity contribution in [1.82, 2.24) is 0 Å². The number of halogens is 1. The lowest BCUT2D eigenvalue weighted by Gasteiger charge is -2.32. The summed E-state index contributed by atoms with van der Waals surface area (Å²) in [5, 5.41) is 9.73. The normalized spacial score (nSPS) is 14.5. The van der Waals surface area contributed by atoms with Gasteiger partial charge in [-0.25, -0.2) is 4.39 Å². The first-order valence-corrected chi connectivity index (χ1v) is 6.25. The molecule has 0 saturated heterocycles. The van der Waals surface area contributed by atoms with Crippen LogP contribution in [0.25, 0.3) is 0 Å². The summed E-state index contributed by atoms with van der Waals surface area (Å²) in [4.78, 5) is 2.20. The monoisotopic (exact) mass is 239 g/mol. The Labute approximate surface area is 103 Å². The van der Waals surface area contributed by atoms with Gasteiger partial charge in [-0.2, -0.15) is 0 Å². The highest BCUT2D eigenvalue weighted by Gasteiger charge is 2.17. The molecule has 0 aliphatic carbocycles. The molecule has 0 aromatic heterocycles. The van der Waals surface area contributed by atoms with Gasteiger partial charge < -0.3 is 10.0 Å². The molecule has 0 aliphatic rings. The summed E-state index contributed by atoms with van der Waals surface area (Å²) in [5.74, 6) is -0.301. The molecule has 2 atom stereocenters. The zero-order valence-corrected chi connectivity index (χ0v) is 11.1. The molecular weight excluding hydrogens is 217 g/mol. The summed E-state index contributed by atoms with van der Waals surface area (Å²) < 4.78 is 13.2. The first kappa shape index (κ1) is 14.0. The molecule has 0 fully saturated rings. The van der Waals surface area contributed by atoms with Gasteiger partial charge in [0, 0.05) is 23.8 Å². The van der Waals surface area contributed by atoms with Crippen LogP contribution in [0.5, 0.6) is 0 Å². The van der Waals surface area contributed by atoms with Crippen molar-refractivity contribution in [3.8, 4) is 0 Å². The van der Waals surface area contributed by atoms with Gasteiger partial charge in [-0.05, 0) is 45.4 Å². The van der Waals surface area contributed by atoms with E-state index >= 15 is 0 Å². The maximum absolute atomic E-state index is 13.2. The van der Waals surface area contributed by atoms with Gasteiger partial charge in [-0.15, -0.1) is 0 Å². The molecule has 1 aromatic carbocycles. The van der Waals surface area contributed by atoms with E-state index in [1.54, 1.807) is 13.0 Å². The SMILES string of the molecule is CCC(C)N(CC)c1ccc(F)cc1C(C)O. The number of hydrogen-bond donors (Lipinski definition) is 1. The maximum atomic E-state index is 13.2. The van der Waals surface area contributed by atoms with Crippen molar-refractivity contribution in [2.45, 2.75) is 46.3 Å². The van der Waals surface area contributed by atoms with Gasteiger partial charge in [0.15, 0.2) is 0 Å². The third kappa shape index (κ3) is 3.19. The van der Waals surface area contributed by atoms with Crippen molar-refractivity contribution in [3.05, 3.63) is 29.6 Å². The molecule has 1 aromatic rings. The second-order valence-electron chi connectivity index (χ2n) is 4.42. The van der Waals surface area contributed by atoms with E-state index in [4.69, 9.17) is 0 Å². The highest BCUT2D eigenvalue weighted by molar-refractivity contribution is 5.55. The number of anilines is 1. The van der Waals surface area contributed by atoms with Crippen LogP contribution in [-0.4, -0.2) is 17.7 Å². The molecule has 17 heavy (non-hydrogen) atoms. The Morgan fingerprint density at radius 2 is 1.94 bits per heavy atom. The summed E-state index contributed by atoms with van der Waals surface area (Å²) >= 11 is 0. The number of aliphatic hydroxyl groups is 1. The molecule has 96 valence electrons. The van der Waals surface area contributed by atoms with Crippen molar-refractivity contribution < 1.29 is 9.50 Å². The average Bonchev–Trinajstić information content (AvgIpc) is 2.31. The highest BCUT2D eigenvalue weighted by Crippen LogP contribution is 2.29. The van der Waals surface area contributed by atoms with E-state index in [2.05, 4.69) is 25.7 Å². The quantitative estimate of drug-likeness (QED) is 0.850. The largest absolute Gasteiger partial charge is 0.389 e. The van der Waals surface area contributed by atoms with Gasteiger partial charge in [-0.1, -0.05) is 6.92 Å². The molecular formula is C14H22FNO. The van der Waals surface area contributed by atoms with E-state index in [0.29, 0.717) is 11.6 Å². The number of hydrogen-bond acceptors (Lipinski definition) is 2. The summed E-state index contributed by atoms with van der Waals surface area (Å²) in [6.07, 6.45) is 0.364. The van der Waals surface area contributed by atoms with Crippen molar-refractivity contribution >= 4 is 5.69 Å². The molecule has 0 bridgehead atoms. The van der Waals surface area contributed by atoms with Crippen LogP contribution in [0.4, 0.5) is 10.1 Å². The lowest BCUT2D eigenvalue weighted by atomic mass is 10.0. The minimum absolute atomic E-state index is 0.301. The number of benzene rings is 1. The third-order valence-electron chi connectivity index (χ3n) is 3.21. The molecule has 2 unspecified atom stereocenters. The summed E-state index contributed by atoms with van der Waals surface area (Å²) in [5.41, 5.74) is 1.59. The van der Waals surface area contributed by atoms with E-state index in [1.165, 1.54) is 12.1 Å². The van der Waals surface area contributed by atoms with Gasteiger partial charge in [0.25, 0.3) is 0 Å². The molecule has 2 nitrogen and oxygen atoms in total. The fourth-order valence-corrected chi connectivity index (χ4v) is 2.06. The molecule has 1 N–H and O–H groups in total. The minimum Gasteiger partial charge on any atom is -0.389 e. The Kier molecular flexibility index (Phi) is 4.94. The van der Waals surface area contributed by atoms with E-state index < -0.39 is 6.10 Å². The van der Waals surface area contributed by atoms with Crippen LogP contribution in [0.15, 0.2) is 18.2 Å². The third-order valence-corrected chi connectivity index (χ3v) is 3.21. The molecule has 1 rings (SSSR count). The maximum Gasteiger partial charge on any atom is 0.123 e. The number of rotatable bonds is 5. The lowest BCUT2D eigenvalue weighted by molar-refractivity contribution is 0.199. The van der Waals surface area contributed by atoms with Crippen molar-refractivity contribution in [1.29, 1.82) is 0 Å². The average molecular weight is 239 g/mol. The van der Waals surface area contributed by atoms with E-state index in [0.717, 1.165) is 18.7 Å². The van der Waals surface area contributed by atoms with Crippen LogP contribution in [0, 0.1) is 5.82 Å². The summed E-state index contributed by atoms with van der Waals surface area (Å²) in [6, 6.07) is 5.01. The fourth-order valence-electron chi connectivity index (χ4n) is 2.06.